The van der Waals surface area contributed by atoms with E-state index in [1.165, 1.54) is 0 Å². The zero-order valence-electron chi connectivity index (χ0n) is 11.4. The van der Waals surface area contributed by atoms with Gasteiger partial charge in [-0.1, -0.05) is 24.9 Å². The maximum Gasteiger partial charge on any atom is 0.257 e. The molecule has 0 radical (unpaired) electrons. The predicted octanol–water partition coefficient (Wildman–Crippen LogP) is 3.01. The molecule has 1 aromatic rings. The van der Waals surface area contributed by atoms with Crippen molar-refractivity contribution >= 4 is 33.4 Å². The van der Waals surface area contributed by atoms with E-state index in [4.69, 9.17) is 21.4 Å². The van der Waals surface area contributed by atoms with Gasteiger partial charge in [0.2, 0.25) is 0 Å². The van der Waals surface area contributed by atoms with E-state index in [9.17, 15) is 4.79 Å². The highest BCUT2D eigenvalue weighted by molar-refractivity contribution is 9.10. The van der Waals surface area contributed by atoms with Gasteiger partial charge in [0, 0.05) is 18.2 Å². The highest BCUT2D eigenvalue weighted by Crippen LogP contribution is 2.27. The second-order valence-corrected chi connectivity index (χ2v) is 5.74. The molecule has 0 saturated carbocycles. The number of hydrogen-bond acceptors (Lipinski definition) is 3. The predicted molar refractivity (Wildman–Crippen MR) is 83.1 cm³/mol. The quantitative estimate of drug-likeness (QED) is 0.745. The van der Waals surface area contributed by atoms with Gasteiger partial charge in [-0.05, 0) is 46.5 Å². The Morgan fingerprint density at radius 2 is 2.30 bits per heavy atom. The van der Waals surface area contributed by atoms with Crippen molar-refractivity contribution in [3.05, 3.63) is 27.7 Å². The van der Waals surface area contributed by atoms with Crippen LogP contribution < -0.4 is 10.1 Å². The lowest BCUT2D eigenvalue weighted by Crippen LogP contribution is -2.33. The molecule has 0 bridgehead atoms. The van der Waals surface area contributed by atoms with Crippen LogP contribution in [-0.2, 0) is 4.79 Å². The first-order valence-corrected chi connectivity index (χ1v) is 7.69. The molecule has 1 rings (SSSR count). The first-order valence-electron chi connectivity index (χ1n) is 6.52. The van der Waals surface area contributed by atoms with Crippen molar-refractivity contribution < 1.29 is 14.6 Å². The summed E-state index contributed by atoms with van der Waals surface area (Å²) in [5, 5.41) is 12.3. The van der Waals surface area contributed by atoms with Crippen molar-refractivity contribution in [3.8, 4) is 5.75 Å². The summed E-state index contributed by atoms with van der Waals surface area (Å²) in [4.78, 5) is 11.7. The standard InChI is InChI=1S/C14H19BrClNO3/c1-2-10(5-6-18)8-17-14(19)9-20-13-4-3-11(16)7-12(13)15/h3-4,7,10,18H,2,5-6,8-9H2,1H3,(H,17,19). The van der Waals surface area contributed by atoms with Crippen molar-refractivity contribution in [2.24, 2.45) is 5.92 Å². The van der Waals surface area contributed by atoms with E-state index in [0.717, 1.165) is 6.42 Å². The van der Waals surface area contributed by atoms with Crippen molar-refractivity contribution in [1.82, 2.24) is 5.32 Å². The van der Waals surface area contributed by atoms with Gasteiger partial charge < -0.3 is 15.2 Å². The van der Waals surface area contributed by atoms with E-state index in [1.807, 2.05) is 6.92 Å². The molecule has 1 unspecified atom stereocenters. The average molecular weight is 365 g/mol. The number of halogens is 2. The minimum atomic E-state index is -0.178. The summed E-state index contributed by atoms with van der Waals surface area (Å²) in [7, 11) is 0. The maximum atomic E-state index is 11.7. The van der Waals surface area contributed by atoms with Gasteiger partial charge in [0.25, 0.3) is 5.91 Å². The van der Waals surface area contributed by atoms with Gasteiger partial charge in [-0.25, -0.2) is 0 Å². The first-order chi connectivity index (χ1) is 9.56. The van der Waals surface area contributed by atoms with Crippen LogP contribution in [0.15, 0.2) is 22.7 Å². The molecule has 0 aliphatic heterocycles. The van der Waals surface area contributed by atoms with Gasteiger partial charge in [-0.15, -0.1) is 0 Å². The van der Waals surface area contributed by atoms with Gasteiger partial charge >= 0.3 is 0 Å². The van der Waals surface area contributed by atoms with Gasteiger partial charge in [0.15, 0.2) is 6.61 Å². The minimum absolute atomic E-state index is 0.0458. The summed E-state index contributed by atoms with van der Waals surface area (Å²) in [5.41, 5.74) is 0. The molecule has 0 aliphatic rings. The number of carbonyl (C=O) groups is 1. The Hall–Kier alpha value is -0.780. The lowest BCUT2D eigenvalue weighted by Gasteiger charge is -2.14. The molecule has 1 amide bonds. The molecular weight excluding hydrogens is 346 g/mol. The molecule has 0 spiro atoms. The molecule has 1 atom stereocenters. The fraction of sp³-hybridized carbons (Fsp3) is 0.500. The molecule has 112 valence electrons. The topological polar surface area (TPSA) is 58.6 Å². The van der Waals surface area contributed by atoms with E-state index in [1.54, 1.807) is 18.2 Å². The largest absolute Gasteiger partial charge is 0.483 e. The van der Waals surface area contributed by atoms with Crippen LogP contribution in [0.1, 0.15) is 19.8 Å². The van der Waals surface area contributed by atoms with Crippen LogP contribution in [0, 0.1) is 5.92 Å². The normalized spacial score (nSPS) is 12.0. The Labute approximate surface area is 132 Å². The van der Waals surface area contributed by atoms with Crippen LogP contribution in [0.2, 0.25) is 5.02 Å². The third-order valence-corrected chi connectivity index (χ3v) is 3.81. The van der Waals surface area contributed by atoms with Crippen LogP contribution in [0.4, 0.5) is 0 Å². The summed E-state index contributed by atoms with van der Waals surface area (Å²) in [5.74, 6) is 0.696. The number of benzene rings is 1. The number of amides is 1. The average Bonchev–Trinajstić information content (AvgIpc) is 2.42. The van der Waals surface area contributed by atoms with Crippen LogP contribution in [0.5, 0.6) is 5.75 Å². The van der Waals surface area contributed by atoms with Crippen molar-refractivity contribution in [2.75, 3.05) is 19.8 Å². The number of nitrogens with one attached hydrogen (secondary N) is 1. The summed E-state index contributed by atoms with van der Waals surface area (Å²) in [6, 6.07) is 5.12. The summed E-state index contributed by atoms with van der Waals surface area (Å²) in [6.45, 7) is 2.69. The van der Waals surface area contributed by atoms with Crippen molar-refractivity contribution in [3.63, 3.8) is 0 Å². The fourth-order valence-corrected chi connectivity index (χ4v) is 2.48. The Morgan fingerprint density at radius 1 is 1.55 bits per heavy atom. The van der Waals surface area contributed by atoms with Crippen molar-refractivity contribution in [1.29, 1.82) is 0 Å². The van der Waals surface area contributed by atoms with Gasteiger partial charge in [-0.2, -0.15) is 0 Å². The molecule has 6 heteroatoms. The highest BCUT2D eigenvalue weighted by Gasteiger charge is 2.09. The smallest absolute Gasteiger partial charge is 0.257 e. The lowest BCUT2D eigenvalue weighted by atomic mass is 10.0. The number of hydrogen-bond donors (Lipinski definition) is 2. The molecule has 0 aliphatic carbocycles. The second-order valence-electron chi connectivity index (χ2n) is 4.45. The Balaban J connectivity index is 2.36. The lowest BCUT2D eigenvalue weighted by molar-refractivity contribution is -0.123. The Morgan fingerprint density at radius 3 is 2.90 bits per heavy atom. The minimum Gasteiger partial charge on any atom is -0.483 e. The summed E-state index contributed by atoms with van der Waals surface area (Å²) >= 11 is 9.15. The zero-order chi connectivity index (χ0) is 15.0. The maximum absolute atomic E-state index is 11.7. The fourth-order valence-electron chi connectivity index (χ4n) is 1.68. The van der Waals surface area contributed by atoms with Gasteiger partial charge in [-0.3, -0.25) is 4.79 Å². The molecule has 0 fully saturated rings. The summed E-state index contributed by atoms with van der Waals surface area (Å²) < 4.78 is 6.13. The molecule has 20 heavy (non-hydrogen) atoms. The molecule has 0 aromatic heterocycles. The first kappa shape index (κ1) is 17.3. The monoisotopic (exact) mass is 363 g/mol. The third-order valence-electron chi connectivity index (χ3n) is 2.96. The van der Waals surface area contributed by atoms with E-state index >= 15 is 0 Å². The number of carbonyl (C=O) groups excluding carboxylic acids is 1. The number of rotatable bonds is 8. The summed E-state index contributed by atoms with van der Waals surface area (Å²) in [6.07, 6.45) is 1.62. The van der Waals surface area contributed by atoms with Gasteiger partial charge in [0.05, 0.1) is 4.47 Å². The van der Waals surface area contributed by atoms with E-state index in [2.05, 4.69) is 21.2 Å². The van der Waals surface area contributed by atoms with Crippen LogP contribution >= 0.6 is 27.5 Å². The Kier molecular flexibility index (Phi) is 7.95. The van der Waals surface area contributed by atoms with E-state index < -0.39 is 0 Å². The zero-order valence-corrected chi connectivity index (χ0v) is 13.7. The highest BCUT2D eigenvalue weighted by atomic mass is 79.9. The van der Waals surface area contributed by atoms with E-state index in [-0.39, 0.29) is 19.1 Å². The molecule has 0 heterocycles. The van der Waals surface area contributed by atoms with Crippen LogP contribution in [0.3, 0.4) is 0 Å². The molecule has 0 saturated heterocycles. The Bertz CT molecular complexity index is 442. The van der Waals surface area contributed by atoms with Gasteiger partial charge in [0.1, 0.15) is 5.75 Å². The molecule has 2 N–H and O–H groups in total. The number of aliphatic hydroxyl groups is 1. The second kappa shape index (κ2) is 9.21. The molecule has 1 aromatic carbocycles. The van der Waals surface area contributed by atoms with Crippen LogP contribution in [-0.4, -0.2) is 30.8 Å². The molecular formula is C14H19BrClNO3. The van der Waals surface area contributed by atoms with Crippen molar-refractivity contribution in [2.45, 2.75) is 19.8 Å². The number of aliphatic hydroxyl groups excluding tert-OH is 1. The molecule has 4 nitrogen and oxygen atoms in total. The van der Waals surface area contributed by atoms with E-state index in [0.29, 0.717) is 34.1 Å². The number of ether oxygens (including phenoxy) is 1. The third kappa shape index (κ3) is 6.11. The SMILES string of the molecule is CCC(CCO)CNC(=O)COc1ccc(Cl)cc1Br. The van der Waals surface area contributed by atoms with Crippen LogP contribution in [0.25, 0.3) is 0 Å².